The van der Waals surface area contributed by atoms with Crippen molar-refractivity contribution in [1.29, 1.82) is 0 Å². The number of pyridine rings is 1. The third-order valence-corrected chi connectivity index (χ3v) is 6.66. The van der Waals surface area contributed by atoms with Crippen LogP contribution in [-0.4, -0.2) is 23.9 Å². The molecule has 0 amide bonds. The number of allylic oxidation sites excluding steroid dienone is 2. The molecule has 28 heavy (non-hydrogen) atoms. The molecule has 0 unspecified atom stereocenters. The molecule has 4 aromatic rings. The number of hydrogen-bond acceptors (Lipinski definition) is 5. The van der Waals surface area contributed by atoms with Crippen LogP contribution in [0, 0.1) is 0 Å². The molecule has 0 saturated carbocycles. The Morgan fingerprint density at radius 3 is 2.82 bits per heavy atom. The number of aromatic nitrogens is 2. The average Bonchev–Trinajstić information content (AvgIpc) is 3.15. The van der Waals surface area contributed by atoms with Gasteiger partial charge in [0.15, 0.2) is 0 Å². The van der Waals surface area contributed by atoms with Gasteiger partial charge in [0, 0.05) is 0 Å². The molecule has 1 aliphatic rings. The number of fused-ring (bicyclic) bond motifs is 2. The summed E-state index contributed by atoms with van der Waals surface area (Å²) < 4.78 is 1.21. The van der Waals surface area contributed by atoms with Gasteiger partial charge < -0.3 is 0 Å². The van der Waals surface area contributed by atoms with Crippen LogP contribution in [0.3, 0.4) is 0 Å². The van der Waals surface area contributed by atoms with E-state index in [2.05, 4.69) is 72.4 Å². The molecule has 134 valence electrons. The van der Waals surface area contributed by atoms with Gasteiger partial charge in [0.25, 0.3) is 0 Å². The first-order valence-corrected chi connectivity index (χ1v) is 10.6. The van der Waals surface area contributed by atoms with E-state index in [-0.39, 0.29) is 0 Å². The summed E-state index contributed by atoms with van der Waals surface area (Å²) >= 11 is 3.40. The van der Waals surface area contributed by atoms with Gasteiger partial charge in [-0.2, -0.15) is 0 Å². The Hall–Kier alpha value is -2.70. The van der Waals surface area contributed by atoms with Crippen molar-refractivity contribution in [2.45, 2.75) is 5.03 Å². The topological polar surface area (TPSA) is 29.0 Å². The summed E-state index contributed by atoms with van der Waals surface area (Å²) in [6.07, 6.45) is 6.25. The van der Waals surface area contributed by atoms with Crippen molar-refractivity contribution in [3.63, 3.8) is 0 Å². The minimum atomic E-state index is 0.985. The summed E-state index contributed by atoms with van der Waals surface area (Å²) in [5.41, 5.74) is 4.63. The van der Waals surface area contributed by atoms with Gasteiger partial charge in [0.05, 0.1) is 0 Å². The second-order valence-electron chi connectivity index (χ2n) is 6.45. The van der Waals surface area contributed by atoms with Crippen molar-refractivity contribution < 1.29 is 0 Å². The summed E-state index contributed by atoms with van der Waals surface area (Å²) in [6.45, 7) is 2.06. The average molecular weight is 397 g/mol. The van der Waals surface area contributed by atoms with Gasteiger partial charge in [-0.1, -0.05) is 0 Å². The molecule has 0 spiro atoms. The quantitative estimate of drug-likeness (QED) is 0.447. The maximum atomic E-state index is 4.79. The van der Waals surface area contributed by atoms with Crippen molar-refractivity contribution in [1.82, 2.24) is 9.97 Å². The van der Waals surface area contributed by atoms with E-state index in [1.807, 2.05) is 30.4 Å². The summed E-state index contributed by atoms with van der Waals surface area (Å²) in [5, 5.41) is 3.15. The zero-order valence-electron chi connectivity index (χ0n) is 15.2. The Morgan fingerprint density at radius 1 is 1.07 bits per heavy atom. The molecule has 0 radical (unpaired) electrons. The normalized spacial score (nSPS) is 14.8. The molecule has 4 heterocycles. The van der Waals surface area contributed by atoms with Gasteiger partial charge in [0.1, 0.15) is 0 Å². The van der Waals surface area contributed by atoms with E-state index in [1.54, 1.807) is 23.1 Å². The SMILES string of the molecule is CN1C(Sc2ccccn2)=C/C(=C\c2nc3bcccc3s2)c2ccccc21. The van der Waals surface area contributed by atoms with Crippen LogP contribution in [0.1, 0.15) is 10.6 Å². The molecule has 0 fully saturated rings. The van der Waals surface area contributed by atoms with Gasteiger partial charge in [0.2, 0.25) is 0 Å². The molecule has 0 bridgehead atoms. The predicted octanol–water partition coefficient (Wildman–Crippen LogP) is 5.65. The number of benzene rings is 1. The van der Waals surface area contributed by atoms with E-state index < -0.39 is 0 Å². The third kappa shape index (κ3) is 3.30. The Balaban J connectivity index is 1.61. The number of thiazole rings is 1. The zero-order chi connectivity index (χ0) is 18.9. The summed E-state index contributed by atoms with van der Waals surface area (Å²) in [7, 11) is 2.11. The van der Waals surface area contributed by atoms with Crippen LogP contribution in [0.2, 0.25) is 0 Å². The Kier molecular flexibility index (Phi) is 4.59. The fourth-order valence-corrected chi connectivity index (χ4v) is 5.07. The van der Waals surface area contributed by atoms with Crippen LogP contribution in [0.4, 0.5) is 5.69 Å². The predicted molar refractivity (Wildman–Crippen MR) is 122 cm³/mol. The van der Waals surface area contributed by atoms with Gasteiger partial charge in [-0.15, -0.1) is 0 Å². The van der Waals surface area contributed by atoms with E-state index in [0.29, 0.717) is 0 Å². The third-order valence-electron chi connectivity index (χ3n) is 4.62. The summed E-state index contributed by atoms with van der Waals surface area (Å²) in [4.78, 5) is 11.5. The standard InChI is InChI=1S/C22H16BN3S2/c1-26-17-8-3-2-7-16(17)15(14-21(26)28-19-10-4-5-12-24-19)13-20-25-22-18(27-20)9-6-11-23-22/h2-14H,1H3/b15-13+. The molecular formula is C22H16BN3S2. The summed E-state index contributed by atoms with van der Waals surface area (Å²) in [6, 6.07) is 18.7. The van der Waals surface area contributed by atoms with Gasteiger partial charge in [-0.05, 0) is 0 Å². The van der Waals surface area contributed by atoms with Crippen molar-refractivity contribution in [2.24, 2.45) is 0 Å². The molecule has 5 rings (SSSR count). The van der Waals surface area contributed by atoms with Crippen LogP contribution >= 0.6 is 23.1 Å². The van der Waals surface area contributed by atoms with E-state index in [0.717, 1.165) is 20.5 Å². The second-order valence-corrected chi connectivity index (χ2v) is 8.55. The van der Waals surface area contributed by atoms with Crippen LogP contribution in [0.5, 0.6) is 0 Å². The van der Waals surface area contributed by atoms with E-state index in [4.69, 9.17) is 4.98 Å². The van der Waals surface area contributed by atoms with Crippen molar-refractivity contribution in [2.75, 3.05) is 11.9 Å². The number of para-hydroxylation sites is 1. The van der Waals surface area contributed by atoms with Crippen molar-refractivity contribution in [3.05, 3.63) is 88.4 Å². The van der Waals surface area contributed by atoms with E-state index in [1.165, 1.54) is 21.5 Å². The molecular weight excluding hydrogens is 381 g/mol. The number of rotatable bonds is 3. The molecule has 3 aromatic heterocycles. The zero-order valence-corrected chi connectivity index (χ0v) is 16.9. The van der Waals surface area contributed by atoms with Crippen LogP contribution in [-0.2, 0) is 0 Å². The first kappa shape index (κ1) is 17.4. The molecule has 0 N–H and O–H groups in total. The maximum absolute atomic E-state index is 4.79. The van der Waals surface area contributed by atoms with Crippen LogP contribution in [0.25, 0.3) is 21.8 Å². The Bertz CT molecular complexity index is 1180. The molecule has 0 aliphatic carbocycles. The fraction of sp³-hybridized carbons (Fsp3) is 0.0455. The molecule has 0 saturated heterocycles. The van der Waals surface area contributed by atoms with Gasteiger partial charge >= 0.3 is 173 Å². The Labute approximate surface area is 172 Å². The van der Waals surface area contributed by atoms with E-state index >= 15 is 0 Å². The van der Waals surface area contributed by atoms with E-state index in [9.17, 15) is 0 Å². The second kappa shape index (κ2) is 7.38. The molecule has 0 atom stereocenters. The molecule has 1 aliphatic heterocycles. The number of thioether (sulfide) groups is 1. The summed E-state index contributed by atoms with van der Waals surface area (Å²) in [5.74, 6) is 2.03. The number of anilines is 1. The minimum absolute atomic E-state index is 0.985. The monoisotopic (exact) mass is 397 g/mol. The fourth-order valence-electron chi connectivity index (χ4n) is 3.25. The van der Waals surface area contributed by atoms with Crippen LogP contribution in [0.15, 0.2) is 82.9 Å². The molecule has 1 aromatic carbocycles. The van der Waals surface area contributed by atoms with Crippen molar-refractivity contribution in [3.8, 4) is 0 Å². The number of hydrogen-bond donors (Lipinski definition) is 0. The first-order chi connectivity index (χ1) is 13.8. The Morgan fingerprint density at radius 2 is 1.96 bits per heavy atom. The first-order valence-electron chi connectivity index (χ1n) is 8.99. The van der Waals surface area contributed by atoms with Crippen LogP contribution < -0.4 is 4.90 Å². The molecule has 6 heteroatoms. The van der Waals surface area contributed by atoms with Gasteiger partial charge in [-0.25, -0.2) is 0 Å². The molecule has 3 nitrogen and oxygen atoms in total. The number of nitrogens with zero attached hydrogens (tertiary/aromatic N) is 3. The van der Waals surface area contributed by atoms with Crippen molar-refractivity contribution >= 4 is 57.5 Å². The van der Waals surface area contributed by atoms with Gasteiger partial charge in [-0.3, -0.25) is 0 Å².